The summed E-state index contributed by atoms with van der Waals surface area (Å²) in [5.74, 6) is -2.88. The van der Waals surface area contributed by atoms with Crippen LogP contribution in [0, 0.1) is 0 Å². The van der Waals surface area contributed by atoms with Gasteiger partial charge in [0.25, 0.3) is 0 Å². The highest BCUT2D eigenvalue weighted by Crippen LogP contribution is 2.39. The molecule has 1 amide bonds. The number of hydrogen-bond acceptors (Lipinski definition) is 4. The number of aromatic nitrogens is 1. The lowest BCUT2D eigenvalue weighted by Crippen LogP contribution is -2.56. The van der Waals surface area contributed by atoms with Crippen molar-refractivity contribution in [2.75, 3.05) is 0 Å². The largest absolute Gasteiger partial charge is 0.482 e. The van der Waals surface area contributed by atoms with Crippen molar-refractivity contribution in [2.24, 2.45) is 0 Å². The van der Waals surface area contributed by atoms with Gasteiger partial charge in [-0.2, -0.15) is 8.78 Å². The predicted molar refractivity (Wildman–Crippen MR) is 82.1 cm³/mol. The van der Waals surface area contributed by atoms with Crippen LogP contribution in [0.15, 0.2) is 41.9 Å². The Bertz CT molecular complexity index is 910. The van der Waals surface area contributed by atoms with Crippen molar-refractivity contribution in [1.82, 2.24) is 9.88 Å². The minimum Gasteiger partial charge on any atom is -0.427 e. The zero-order valence-corrected chi connectivity index (χ0v) is 13.1. The molecular formula is C16H15ClF2N2O3. The summed E-state index contributed by atoms with van der Waals surface area (Å²) in [6, 6.07) is -2.29. The minimum atomic E-state index is -4.39. The second-order valence-corrected chi connectivity index (χ2v) is 5.68. The molecule has 1 aliphatic carbocycles. The van der Waals surface area contributed by atoms with Gasteiger partial charge in [-0.15, -0.1) is 0 Å². The van der Waals surface area contributed by atoms with Gasteiger partial charge in [0.2, 0.25) is 0 Å². The molecule has 5 nitrogen and oxygen atoms in total. The Morgan fingerprint density at radius 3 is 3.12 bits per heavy atom. The summed E-state index contributed by atoms with van der Waals surface area (Å²) >= 11 is 5.83. The molecule has 2 aliphatic rings. The molecule has 128 valence electrons. The van der Waals surface area contributed by atoms with E-state index in [0.29, 0.717) is 0 Å². The maximum absolute atomic E-state index is 14.3. The first-order valence-corrected chi connectivity index (χ1v) is 7.30. The molecule has 0 radical (unpaired) electrons. The number of alkyl halides is 2. The van der Waals surface area contributed by atoms with Crippen molar-refractivity contribution in [3.05, 3.63) is 52.5 Å². The molecule has 1 fully saturated rings. The molecule has 0 saturated carbocycles. The number of carbonyl (C=O) groups excluding carboxylic acids is 1. The molecule has 2 heterocycles. The number of carbonyl (C=O) groups is 1. The van der Waals surface area contributed by atoms with Gasteiger partial charge in [0, 0.05) is 27.3 Å². The Labute approximate surface area is 147 Å². The van der Waals surface area contributed by atoms with Gasteiger partial charge in [-0.1, -0.05) is 23.7 Å². The van der Waals surface area contributed by atoms with E-state index in [2.05, 4.69) is 9.72 Å². The van der Waals surface area contributed by atoms with Crippen LogP contribution in [-0.4, -0.2) is 39.1 Å². The lowest BCUT2D eigenvalue weighted by molar-refractivity contribution is -0.245. The van der Waals surface area contributed by atoms with E-state index >= 15 is 0 Å². The van der Waals surface area contributed by atoms with Crippen LogP contribution in [0.5, 0.6) is 0 Å². The van der Waals surface area contributed by atoms with Crippen LogP contribution in [0.4, 0.5) is 8.78 Å². The van der Waals surface area contributed by atoms with Crippen molar-refractivity contribution in [2.45, 2.75) is 38.1 Å². The maximum Gasteiger partial charge on any atom is 0.482 e. The number of rotatable bonds is 3. The van der Waals surface area contributed by atoms with Crippen LogP contribution in [-0.2, 0) is 16.1 Å². The van der Waals surface area contributed by atoms with Crippen LogP contribution >= 0.6 is 11.6 Å². The summed E-state index contributed by atoms with van der Waals surface area (Å²) in [7, 11) is 0. The summed E-state index contributed by atoms with van der Waals surface area (Å²) in [6.07, 6.45) is -5.41. The fourth-order valence-electron chi connectivity index (χ4n) is 2.36. The van der Waals surface area contributed by atoms with Gasteiger partial charge in [0.05, 0.1) is 19.9 Å². The third-order valence-electron chi connectivity index (χ3n) is 3.44. The molecule has 1 aliphatic heterocycles. The van der Waals surface area contributed by atoms with Crippen LogP contribution in [0.3, 0.4) is 0 Å². The van der Waals surface area contributed by atoms with Gasteiger partial charge >= 0.3 is 12.0 Å². The quantitative estimate of drug-likeness (QED) is 0.900. The maximum atomic E-state index is 14.3. The van der Waals surface area contributed by atoms with Crippen LogP contribution in [0.25, 0.3) is 0 Å². The van der Waals surface area contributed by atoms with Crippen molar-refractivity contribution < 1.29 is 28.9 Å². The van der Waals surface area contributed by atoms with E-state index in [1.165, 1.54) is 25.4 Å². The van der Waals surface area contributed by atoms with E-state index in [9.17, 15) is 18.7 Å². The van der Waals surface area contributed by atoms with Crippen molar-refractivity contribution in [3.8, 4) is 0 Å². The van der Waals surface area contributed by atoms with E-state index in [1.54, 1.807) is 0 Å². The molecule has 24 heavy (non-hydrogen) atoms. The molecular weight excluding hydrogens is 342 g/mol. The number of hydrogen-bond donors (Lipinski definition) is 1. The topological polar surface area (TPSA) is 62.7 Å². The van der Waals surface area contributed by atoms with Crippen molar-refractivity contribution >= 4 is 17.5 Å². The average molecular weight is 361 g/mol. The Balaban J connectivity index is 2.24. The van der Waals surface area contributed by atoms with Crippen molar-refractivity contribution in [3.63, 3.8) is 0 Å². The summed E-state index contributed by atoms with van der Waals surface area (Å²) < 4.78 is 66.1. The number of morpholine rings is 1. The highest BCUT2D eigenvalue weighted by Gasteiger charge is 2.54. The van der Waals surface area contributed by atoms with Gasteiger partial charge in [0.1, 0.15) is 5.76 Å². The number of ether oxygens (including phenoxy) is 1. The van der Waals surface area contributed by atoms with Gasteiger partial charge in [-0.3, -0.25) is 9.78 Å². The Kier molecular flexibility index (Phi) is 3.17. The fraction of sp³-hybridized carbons (Fsp3) is 0.375. The SMILES string of the molecule is [2H]C1=CC(C(C)O)=C2OC(F)(F)C(=O)N(Cc3cncc(Cl)c3)C2([2H])C1([2H])[2H]. The molecule has 1 N–H and O–H groups in total. The Morgan fingerprint density at radius 2 is 2.46 bits per heavy atom. The number of pyridine rings is 1. The highest BCUT2D eigenvalue weighted by atomic mass is 35.5. The first-order valence-electron chi connectivity index (χ1n) is 8.92. The van der Waals surface area contributed by atoms with E-state index in [0.717, 1.165) is 6.08 Å². The number of amides is 1. The first-order chi connectivity index (χ1) is 12.8. The minimum absolute atomic E-state index is 0.150. The van der Waals surface area contributed by atoms with E-state index < -0.39 is 48.9 Å². The van der Waals surface area contributed by atoms with Crippen molar-refractivity contribution in [1.29, 1.82) is 0 Å². The molecule has 2 unspecified atom stereocenters. The summed E-state index contributed by atoms with van der Waals surface area (Å²) in [5, 5.41) is 10.1. The fourth-order valence-corrected chi connectivity index (χ4v) is 2.55. The summed E-state index contributed by atoms with van der Waals surface area (Å²) in [4.78, 5) is 16.5. The molecule has 0 bridgehead atoms. The van der Waals surface area contributed by atoms with Gasteiger partial charge in [0.15, 0.2) is 0 Å². The predicted octanol–water partition coefficient (Wildman–Crippen LogP) is 2.65. The normalized spacial score (nSPS) is 31.8. The molecule has 0 aromatic carbocycles. The van der Waals surface area contributed by atoms with Gasteiger partial charge in [-0.25, -0.2) is 0 Å². The molecule has 1 aromatic heterocycles. The Morgan fingerprint density at radius 1 is 1.71 bits per heavy atom. The van der Waals surface area contributed by atoms with Gasteiger partial charge < -0.3 is 14.7 Å². The Hall–Kier alpha value is -1.99. The number of aliphatic hydroxyl groups is 1. The molecule has 1 saturated heterocycles. The first kappa shape index (κ1) is 12.4. The highest BCUT2D eigenvalue weighted by molar-refractivity contribution is 6.30. The zero-order valence-electron chi connectivity index (χ0n) is 16.4. The van der Waals surface area contributed by atoms with E-state index in [-0.39, 0.29) is 21.1 Å². The van der Waals surface area contributed by atoms with E-state index in [4.69, 9.17) is 17.1 Å². The number of fused-ring (bicyclic) bond motifs is 1. The zero-order chi connectivity index (χ0) is 21.1. The number of aliphatic hydroxyl groups excluding tert-OH is 1. The van der Waals surface area contributed by atoms with E-state index in [1.807, 2.05) is 0 Å². The second-order valence-electron chi connectivity index (χ2n) is 5.24. The summed E-state index contributed by atoms with van der Waals surface area (Å²) in [6.45, 7) is 0.550. The van der Waals surface area contributed by atoms with Crippen LogP contribution in [0.1, 0.15) is 24.3 Å². The molecule has 3 rings (SSSR count). The van der Waals surface area contributed by atoms with Gasteiger partial charge in [-0.05, 0) is 24.9 Å². The average Bonchev–Trinajstić information content (AvgIpc) is 2.58. The van der Waals surface area contributed by atoms with Crippen LogP contribution < -0.4 is 0 Å². The third-order valence-corrected chi connectivity index (χ3v) is 3.65. The molecule has 1 aromatic rings. The molecule has 2 atom stereocenters. The standard InChI is InChI=1S/C16H15ClF2N2O3/c1-9(22)12-3-2-4-13-14(12)24-16(18,19)15(23)21(13)8-10-5-11(17)7-20-6-10/h2-3,5-7,9,13,22H,4,8H2,1H3/i2D,4D2,13D. The molecule has 0 spiro atoms. The van der Waals surface area contributed by atoms with Crippen LogP contribution in [0.2, 0.25) is 5.02 Å². The summed E-state index contributed by atoms with van der Waals surface area (Å²) in [5.41, 5.74) is -0.212. The second kappa shape index (κ2) is 6.14. The number of nitrogens with zero attached hydrogens (tertiary/aromatic N) is 2. The monoisotopic (exact) mass is 360 g/mol. The number of halogens is 3. The molecule has 8 heteroatoms. The lowest BCUT2D eigenvalue weighted by Gasteiger charge is -2.42. The third kappa shape index (κ3) is 3.01. The smallest absolute Gasteiger partial charge is 0.427 e. The lowest BCUT2D eigenvalue weighted by atomic mass is 9.94.